The van der Waals surface area contributed by atoms with Gasteiger partial charge in [0.2, 0.25) is 0 Å². The first-order valence-corrected chi connectivity index (χ1v) is 10.8. The molecule has 0 spiro atoms. The van der Waals surface area contributed by atoms with Crippen molar-refractivity contribution in [2.45, 2.75) is 25.7 Å². The smallest absolute Gasteiger partial charge is 0.165 e. The fourth-order valence-corrected chi connectivity index (χ4v) is 6.75. The first-order valence-electron chi connectivity index (χ1n) is 7.52. The number of aliphatic hydroxyl groups is 1. The Hall–Kier alpha value is -0.140. The van der Waals surface area contributed by atoms with Crippen LogP contribution >= 0.6 is 67.8 Å². The minimum absolute atomic E-state index is 0.0386. The summed E-state index contributed by atoms with van der Waals surface area (Å²) in [5.41, 5.74) is 1.60. The molecule has 4 nitrogen and oxygen atoms in total. The van der Waals surface area contributed by atoms with Crippen LogP contribution in [0.1, 0.15) is 46.4 Å². The highest BCUT2D eigenvalue weighted by Gasteiger charge is 2.26. The summed E-state index contributed by atoms with van der Waals surface area (Å²) in [6.07, 6.45) is 6.58. The van der Waals surface area contributed by atoms with Crippen molar-refractivity contribution in [3.8, 4) is 0 Å². The molecule has 1 aromatic carbocycles. The minimum Gasteiger partial charge on any atom is -0.391 e. The number of halogens is 3. The molecule has 1 aromatic rings. The molecule has 0 heterocycles. The van der Waals surface area contributed by atoms with Crippen molar-refractivity contribution < 1.29 is 14.7 Å². The van der Waals surface area contributed by atoms with Crippen molar-refractivity contribution in [3.05, 3.63) is 47.1 Å². The van der Waals surface area contributed by atoms with Crippen LogP contribution in [0.5, 0.6) is 0 Å². The zero-order valence-electron chi connectivity index (χ0n) is 13.5. The quantitative estimate of drug-likeness (QED) is 0.154. The molecule has 0 saturated heterocycles. The van der Waals surface area contributed by atoms with Crippen molar-refractivity contribution in [1.29, 1.82) is 0 Å². The predicted molar refractivity (Wildman–Crippen MR) is 127 cm³/mol. The van der Waals surface area contributed by atoms with E-state index in [1.165, 1.54) is 6.21 Å². The third-order valence-electron chi connectivity index (χ3n) is 3.30. The second-order valence-electron chi connectivity index (χ2n) is 5.04. The van der Waals surface area contributed by atoms with Crippen LogP contribution in [0.3, 0.4) is 0 Å². The molecular weight excluding hydrogens is 659 g/mol. The lowest BCUT2D eigenvalue weighted by molar-refractivity contribution is 0.0981. The predicted octanol–water partition coefficient (Wildman–Crippen LogP) is 5.49. The van der Waals surface area contributed by atoms with Gasteiger partial charge in [-0.3, -0.25) is 14.6 Å². The van der Waals surface area contributed by atoms with E-state index in [4.69, 9.17) is 5.11 Å². The molecule has 0 amide bonds. The number of carbonyl (C=O) groups excluding carboxylic acids is 2. The normalized spacial score (nSPS) is 10.9. The molecule has 0 atom stereocenters. The van der Waals surface area contributed by atoms with E-state index in [1.54, 1.807) is 12.2 Å². The Morgan fingerprint density at radius 1 is 0.920 bits per heavy atom. The molecule has 0 aliphatic rings. The Kier molecular flexibility index (Phi) is 10.6. The molecule has 0 saturated carbocycles. The summed E-state index contributed by atoms with van der Waals surface area (Å²) in [5, 5.41) is 9.04. The van der Waals surface area contributed by atoms with E-state index in [9.17, 15) is 9.59 Å². The van der Waals surface area contributed by atoms with Gasteiger partial charge in [-0.1, -0.05) is 12.2 Å². The van der Waals surface area contributed by atoms with Crippen LogP contribution < -0.4 is 0 Å². The summed E-state index contributed by atoms with van der Waals surface area (Å²) >= 11 is 6.25. The molecule has 0 aromatic heterocycles. The van der Waals surface area contributed by atoms with Crippen molar-refractivity contribution in [2.24, 2.45) is 4.99 Å². The molecule has 1 rings (SSSR count). The number of hydrogen-bond acceptors (Lipinski definition) is 4. The summed E-state index contributed by atoms with van der Waals surface area (Å²) in [4.78, 5) is 29.6. The Bertz CT molecular complexity index is 676. The van der Waals surface area contributed by atoms with E-state index in [0.717, 1.165) is 0 Å². The number of carbonyl (C=O) groups is 2. The first-order chi connectivity index (χ1) is 11.9. The fourth-order valence-electron chi connectivity index (χ4n) is 2.10. The highest BCUT2D eigenvalue weighted by Crippen LogP contribution is 2.38. The van der Waals surface area contributed by atoms with E-state index < -0.39 is 0 Å². The van der Waals surface area contributed by atoms with Gasteiger partial charge in [-0.05, 0) is 80.6 Å². The summed E-state index contributed by atoms with van der Waals surface area (Å²) < 4.78 is 2.06. The van der Waals surface area contributed by atoms with Gasteiger partial charge in [-0.15, -0.1) is 13.2 Å². The standard InChI is InChI=1S/C18H18I3NO3/c1-3-5-7-11(24)13-15(19)14(12(25)8-6-4-2)17(21)18(16(13)20)22-9-10-23/h3-4,9,23H,1-2,5-8,10H2. The minimum atomic E-state index is -0.211. The van der Waals surface area contributed by atoms with Gasteiger partial charge in [-0.25, -0.2) is 0 Å². The fraction of sp³-hybridized carbons (Fsp3) is 0.278. The van der Waals surface area contributed by atoms with Gasteiger partial charge in [0, 0.05) is 33.8 Å². The van der Waals surface area contributed by atoms with Crippen LogP contribution in [-0.4, -0.2) is 29.5 Å². The average Bonchev–Trinajstić information content (AvgIpc) is 2.57. The molecule has 0 unspecified atom stereocenters. The van der Waals surface area contributed by atoms with Gasteiger partial charge < -0.3 is 5.11 Å². The number of benzene rings is 1. The van der Waals surface area contributed by atoms with E-state index in [0.29, 0.717) is 53.2 Å². The first kappa shape index (κ1) is 22.9. The van der Waals surface area contributed by atoms with Crippen LogP contribution in [0.4, 0.5) is 5.69 Å². The van der Waals surface area contributed by atoms with Gasteiger partial charge in [0.15, 0.2) is 11.6 Å². The molecule has 0 aliphatic heterocycles. The number of rotatable bonds is 10. The topological polar surface area (TPSA) is 66.7 Å². The molecular formula is C18H18I3NO3. The van der Waals surface area contributed by atoms with Crippen LogP contribution in [-0.2, 0) is 0 Å². The largest absolute Gasteiger partial charge is 0.391 e. The SMILES string of the molecule is C=CCCC(=O)c1c(I)c(N=CCO)c(I)c(C(=O)CCC=C)c1I. The second kappa shape index (κ2) is 11.5. The lowest BCUT2D eigenvalue weighted by Crippen LogP contribution is -2.13. The van der Waals surface area contributed by atoms with Crippen LogP contribution in [0.2, 0.25) is 0 Å². The number of nitrogens with zero attached hydrogens (tertiary/aromatic N) is 1. The van der Waals surface area contributed by atoms with Crippen molar-refractivity contribution >= 4 is 91.2 Å². The van der Waals surface area contributed by atoms with Crippen molar-refractivity contribution in [2.75, 3.05) is 6.61 Å². The summed E-state index contributed by atoms with van der Waals surface area (Å²) in [5.74, 6) is -0.0772. The molecule has 1 N–H and O–H groups in total. The number of hydrogen-bond donors (Lipinski definition) is 1. The molecule has 0 bridgehead atoms. The number of ketones is 2. The molecule has 0 aliphatic carbocycles. The van der Waals surface area contributed by atoms with Gasteiger partial charge in [-0.2, -0.15) is 0 Å². The third kappa shape index (κ3) is 5.93. The Morgan fingerprint density at radius 3 is 1.72 bits per heavy atom. The van der Waals surface area contributed by atoms with E-state index in [2.05, 4.69) is 85.9 Å². The van der Waals surface area contributed by atoms with Crippen LogP contribution in [0, 0.1) is 10.7 Å². The molecule has 0 radical (unpaired) electrons. The summed E-state index contributed by atoms with van der Waals surface area (Å²) in [6.45, 7) is 7.09. The molecule has 7 heteroatoms. The highest BCUT2D eigenvalue weighted by atomic mass is 127. The average molecular weight is 677 g/mol. The van der Waals surface area contributed by atoms with E-state index in [-0.39, 0.29) is 18.2 Å². The number of Topliss-reactive ketones (excluding diaryl/α,β-unsaturated/α-hetero) is 2. The van der Waals surface area contributed by atoms with Crippen molar-refractivity contribution in [3.63, 3.8) is 0 Å². The lowest BCUT2D eigenvalue weighted by Gasteiger charge is -2.16. The summed E-state index contributed by atoms with van der Waals surface area (Å²) in [6, 6.07) is 0. The van der Waals surface area contributed by atoms with E-state index >= 15 is 0 Å². The Balaban J connectivity index is 3.62. The van der Waals surface area contributed by atoms with Gasteiger partial charge in [0.05, 0.1) is 19.4 Å². The Morgan fingerprint density at radius 2 is 1.36 bits per heavy atom. The monoisotopic (exact) mass is 677 g/mol. The lowest BCUT2D eigenvalue weighted by atomic mass is 9.99. The zero-order chi connectivity index (χ0) is 19.0. The molecule has 25 heavy (non-hydrogen) atoms. The zero-order valence-corrected chi connectivity index (χ0v) is 20.0. The highest BCUT2D eigenvalue weighted by molar-refractivity contribution is 14.1. The number of aliphatic imine (C=N–C) groups is 1. The maximum atomic E-state index is 12.7. The number of allylic oxidation sites excluding steroid dienone is 2. The number of aliphatic hydroxyl groups excluding tert-OH is 1. The second-order valence-corrected chi connectivity index (χ2v) is 8.27. The van der Waals surface area contributed by atoms with E-state index in [1.807, 2.05) is 0 Å². The Labute approximate surface area is 188 Å². The van der Waals surface area contributed by atoms with Gasteiger partial charge in [0.25, 0.3) is 0 Å². The molecule has 0 fully saturated rings. The van der Waals surface area contributed by atoms with Gasteiger partial charge >= 0.3 is 0 Å². The van der Waals surface area contributed by atoms with Gasteiger partial charge in [0.1, 0.15) is 0 Å². The maximum absolute atomic E-state index is 12.7. The van der Waals surface area contributed by atoms with Crippen LogP contribution in [0.15, 0.2) is 30.3 Å². The van der Waals surface area contributed by atoms with Crippen LogP contribution in [0.25, 0.3) is 0 Å². The molecule has 134 valence electrons. The van der Waals surface area contributed by atoms with Crippen molar-refractivity contribution in [1.82, 2.24) is 0 Å². The maximum Gasteiger partial charge on any atom is 0.165 e. The third-order valence-corrected chi connectivity index (χ3v) is 6.48. The summed E-state index contributed by atoms with van der Waals surface area (Å²) in [7, 11) is 0.